The van der Waals surface area contributed by atoms with Crippen molar-refractivity contribution in [2.75, 3.05) is 0 Å². The molecule has 68 valence electrons. The van der Waals surface area contributed by atoms with E-state index in [2.05, 4.69) is 47.8 Å². The number of hydrogen-bond donors (Lipinski definition) is 1. The molecule has 0 fully saturated rings. The fourth-order valence-corrected chi connectivity index (χ4v) is 3.07. The minimum absolute atomic E-state index is 0.412. The van der Waals surface area contributed by atoms with E-state index >= 15 is 0 Å². The molecule has 2 unspecified atom stereocenters. The van der Waals surface area contributed by atoms with E-state index in [1.165, 1.54) is 0 Å². The molecule has 1 N–H and O–H groups in total. The summed E-state index contributed by atoms with van der Waals surface area (Å²) in [5.41, 5.74) is 0.949. The van der Waals surface area contributed by atoms with Crippen molar-refractivity contribution >= 4 is 47.8 Å². The zero-order chi connectivity index (χ0) is 9.52. The second-order valence-corrected chi connectivity index (χ2v) is 6.32. The number of rotatable bonds is 0. The third-order valence-corrected chi connectivity index (χ3v) is 5.71. The highest BCUT2D eigenvalue weighted by atomic mass is 79.9. The largest absolute Gasteiger partial charge is 0.387 e. The van der Waals surface area contributed by atoms with Gasteiger partial charge in [0, 0.05) is 8.96 Å². The van der Waals surface area contributed by atoms with E-state index < -0.39 is 10.4 Å². The average molecular weight is 361 g/mol. The van der Waals surface area contributed by atoms with Crippen molar-refractivity contribution in [3.63, 3.8) is 0 Å². The number of halogens is 3. The van der Waals surface area contributed by atoms with Crippen molar-refractivity contribution in [1.29, 1.82) is 0 Å². The minimum atomic E-state index is -0.479. The fourth-order valence-electron chi connectivity index (χ4n) is 1.12. The van der Waals surface area contributed by atoms with E-state index in [4.69, 9.17) is 0 Å². The van der Waals surface area contributed by atoms with E-state index in [0.717, 1.165) is 14.5 Å². The van der Waals surface area contributed by atoms with Gasteiger partial charge in [0.25, 0.3) is 0 Å². The van der Waals surface area contributed by atoms with Gasteiger partial charge in [-0.05, 0) is 41.4 Å². The summed E-state index contributed by atoms with van der Waals surface area (Å²) in [6.07, 6.45) is 1.44. The van der Waals surface area contributed by atoms with Crippen molar-refractivity contribution in [3.8, 4) is 0 Å². The Labute approximate surface area is 97.3 Å². The lowest BCUT2D eigenvalue weighted by molar-refractivity contribution is 0.188. The highest BCUT2D eigenvalue weighted by Crippen LogP contribution is 2.44. The first-order valence-corrected chi connectivity index (χ1v) is 5.86. The molecule has 0 heterocycles. The highest BCUT2D eigenvalue weighted by molar-refractivity contribution is 9.15. The maximum atomic E-state index is 9.79. The smallest absolute Gasteiger partial charge is 0.0947 e. The number of alkyl halides is 1. The first-order chi connectivity index (χ1) is 5.37. The van der Waals surface area contributed by atoms with Crippen LogP contribution in [-0.4, -0.2) is 15.5 Å². The van der Waals surface area contributed by atoms with Gasteiger partial charge in [0.15, 0.2) is 0 Å². The summed E-state index contributed by atoms with van der Waals surface area (Å²) >= 11 is 10.3. The van der Waals surface area contributed by atoms with Gasteiger partial charge < -0.3 is 5.11 Å². The fraction of sp³-hybridized carbons (Fsp3) is 0.500. The van der Waals surface area contributed by atoms with Crippen LogP contribution in [0.15, 0.2) is 20.6 Å². The van der Waals surface area contributed by atoms with Crippen LogP contribution < -0.4 is 0 Å². The number of allylic oxidation sites excluding steroid dienone is 2. The maximum Gasteiger partial charge on any atom is 0.0947 e. The van der Waals surface area contributed by atoms with Crippen molar-refractivity contribution < 1.29 is 5.11 Å². The molecule has 4 heteroatoms. The predicted octanol–water partition coefficient (Wildman–Crippen LogP) is 3.46. The molecule has 0 aromatic carbocycles. The number of aliphatic hydroxyl groups excluding tert-OH is 1. The van der Waals surface area contributed by atoms with Crippen molar-refractivity contribution in [1.82, 2.24) is 0 Å². The Bertz CT molecular complexity index is 265. The van der Waals surface area contributed by atoms with Crippen molar-refractivity contribution in [3.05, 3.63) is 20.6 Å². The topological polar surface area (TPSA) is 20.2 Å². The summed E-state index contributed by atoms with van der Waals surface area (Å²) in [5.74, 6) is 0. The molecular formula is C8H9Br3O. The van der Waals surface area contributed by atoms with Gasteiger partial charge in [-0.15, -0.1) is 0 Å². The highest BCUT2D eigenvalue weighted by Gasteiger charge is 2.37. The van der Waals surface area contributed by atoms with Crippen molar-refractivity contribution in [2.45, 2.75) is 24.3 Å². The molecule has 0 saturated heterocycles. The van der Waals surface area contributed by atoms with Gasteiger partial charge >= 0.3 is 0 Å². The molecule has 0 amide bonds. The van der Waals surface area contributed by atoms with Gasteiger partial charge in [0.05, 0.1) is 10.4 Å². The Morgan fingerprint density at radius 3 is 2.50 bits per heavy atom. The molecule has 1 nitrogen and oxygen atoms in total. The Balaban J connectivity index is 3.18. The summed E-state index contributed by atoms with van der Waals surface area (Å²) in [5, 5.41) is 9.79. The van der Waals surface area contributed by atoms with Gasteiger partial charge in [-0.2, -0.15) is 0 Å². The number of aliphatic hydroxyl groups is 1. The Morgan fingerprint density at radius 1 is 1.50 bits per heavy atom. The van der Waals surface area contributed by atoms with Gasteiger partial charge in [-0.3, -0.25) is 0 Å². The van der Waals surface area contributed by atoms with Crippen LogP contribution in [0, 0.1) is 0 Å². The molecule has 12 heavy (non-hydrogen) atoms. The average Bonchev–Trinajstić information content (AvgIpc) is 1.99. The van der Waals surface area contributed by atoms with Crippen LogP contribution in [0.2, 0.25) is 0 Å². The molecule has 2 atom stereocenters. The van der Waals surface area contributed by atoms with Gasteiger partial charge in [0.2, 0.25) is 0 Å². The van der Waals surface area contributed by atoms with Crippen LogP contribution >= 0.6 is 47.8 Å². The molecule has 0 bridgehead atoms. The first kappa shape index (κ1) is 11.0. The lowest BCUT2D eigenvalue weighted by Gasteiger charge is -2.33. The monoisotopic (exact) mass is 358 g/mol. The normalized spacial score (nSPS) is 36.8. The third kappa shape index (κ3) is 1.72. The molecule has 1 rings (SSSR count). The molecule has 1 aliphatic carbocycles. The molecule has 0 aliphatic heterocycles. The van der Waals surface area contributed by atoms with Gasteiger partial charge in [0.1, 0.15) is 0 Å². The zero-order valence-corrected chi connectivity index (χ0v) is 11.5. The Hall–Kier alpha value is 0.880. The first-order valence-electron chi connectivity index (χ1n) is 3.48. The van der Waals surface area contributed by atoms with Crippen LogP contribution in [0.3, 0.4) is 0 Å². The molecule has 0 saturated carbocycles. The molecular weight excluding hydrogens is 352 g/mol. The van der Waals surface area contributed by atoms with Crippen LogP contribution in [0.4, 0.5) is 0 Å². The second-order valence-electron chi connectivity index (χ2n) is 3.03. The quantitative estimate of drug-likeness (QED) is 0.656. The van der Waals surface area contributed by atoms with Gasteiger partial charge in [-0.1, -0.05) is 31.9 Å². The lowest BCUT2D eigenvalue weighted by atomic mass is 9.93. The standard InChI is InChI=1S/C8H9Br3O/c1-4-3-5(9)6(10)8(2,11)7(4)12/h3,7,12H,1-2H3. The van der Waals surface area contributed by atoms with Crippen LogP contribution in [0.1, 0.15) is 13.8 Å². The summed E-state index contributed by atoms with van der Waals surface area (Å²) in [6.45, 7) is 3.84. The zero-order valence-electron chi connectivity index (χ0n) is 6.74. The third-order valence-electron chi connectivity index (χ3n) is 1.94. The van der Waals surface area contributed by atoms with E-state index in [9.17, 15) is 5.11 Å². The Morgan fingerprint density at radius 2 is 2.00 bits per heavy atom. The molecule has 1 aliphatic rings. The van der Waals surface area contributed by atoms with Gasteiger partial charge in [-0.25, -0.2) is 0 Å². The van der Waals surface area contributed by atoms with E-state index in [1.807, 2.05) is 19.9 Å². The lowest BCUT2D eigenvalue weighted by Crippen LogP contribution is -2.36. The molecule has 0 spiro atoms. The summed E-state index contributed by atoms with van der Waals surface area (Å²) in [4.78, 5) is 0. The number of hydrogen-bond acceptors (Lipinski definition) is 1. The maximum absolute atomic E-state index is 9.79. The second kappa shape index (κ2) is 3.56. The van der Waals surface area contributed by atoms with E-state index in [-0.39, 0.29) is 0 Å². The van der Waals surface area contributed by atoms with Crippen molar-refractivity contribution in [2.24, 2.45) is 0 Å². The van der Waals surface area contributed by atoms with Crippen LogP contribution in [0.5, 0.6) is 0 Å². The van der Waals surface area contributed by atoms with E-state index in [0.29, 0.717) is 0 Å². The summed E-state index contributed by atoms with van der Waals surface area (Å²) in [7, 11) is 0. The SMILES string of the molecule is CC1=CC(Br)=C(Br)C(C)(Br)C1O. The van der Waals surface area contributed by atoms with Crippen LogP contribution in [0.25, 0.3) is 0 Å². The molecule has 0 aromatic heterocycles. The van der Waals surface area contributed by atoms with E-state index in [1.54, 1.807) is 0 Å². The summed E-state index contributed by atoms with van der Waals surface area (Å²) < 4.78 is 1.50. The molecule has 0 aromatic rings. The van der Waals surface area contributed by atoms with Crippen LogP contribution in [-0.2, 0) is 0 Å². The molecule has 0 radical (unpaired) electrons. The minimum Gasteiger partial charge on any atom is -0.387 e. The summed E-state index contributed by atoms with van der Waals surface area (Å²) in [6, 6.07) is 0. The predicted molar refractivity (Wildman–Crippen MR) is 62.0 cm³/mol. The Kier molecular flexibility index (Phi) is 3.25.